The first kappa shape index (κ1) is 30.8. The SMILES string of the molecule is COc1ccc(CNNC(=O)[C@]2(CCS(=O)(=O)c3ccccc3)COC(c3ccc(OCCCO)cc3)=N2)c(OC)c1. The summed E-state index contributed by atoms with van der Waals surface area (Å²) in [6.07, 6.45) is 0.413. The number of sulfone groups is 1. The Morgan fingerprint density at radius 3 is 2.45 bits per heavy atom. The Balaban J connectivity index is 1.52. The van der Waals surface area contributed by atoms with Crippen molar-refractivity contribution in [3.05, 3.63) is 83.9 Å². The van der Waals surface area contributed by atoms with Gasteiger partial charge in [0.2, 0.25) is 5.90 Å². The molecule has 3 N–H and O–H groups in total. The Kier molecular flexibility index (Phi) is 10.4. The number of carbonyl (C=O) groups excluding carboxylic acids is 1. The number of aliphatic hydroxyl groups excluding tert-OH is 1. The van der Waals surface area contributed by atoms with E-state index in [9.17, 15) is 13.2 Å². The summed E-state index contributed by atoms with van der Waals surface area (Å²) in [5.41, 5.74) is 5.47. The van der Waals surface area contributed by atoms with E-state index < -0.39 is 21.3 Å². The summed E-state index contributed by atoms with van der Waals surface area (Å²) in [6, 6.07) is 20.4. The molecule has 4 rings (SSSR count). The molecule has 42 heavy (non-hydrogen) atoms. The van der Waals surface area contributed by atoms with Gasteiger partial charge in [-0.1, -0.05) is 24.3 Å². The number of amides is 1. The number of ether oxygens (including phenoxy) is 4. The van der Waals surface area contributed by atoms with Crippen LogP contribution >= 0.6 is 0 Å². The van der Waals surface area contributed by atoms with Gasteiger partial charge in [0, 0.05) is 36.8 Å². The standard InChI is InChI=1S/C30H35N3O8S/c1-38-25-14-11-23(27(19-25)39-2)20-31-33-29(35)30(15-18-42(36,37)26-7-4-3-5-8-26)21-41-28(32-30)22-9-12-24(13-10-22)40-17-6-16-34/h3-5,7-14,19,31,34H,6,15-18,20-21H2,1-2H3,(H,33,35)/t30-/m0/s1. The minimum absolute atomic E-state index is 0.0371. The van der Waals surface area contributed by atoms with E-state index >= 15 is 0 Å². The number of rotatable bonds is 15. The van der Waals surface area contributed by atoms with Gasteiger partial charge in [0.25, 0.3) is 5.91 Å². The second-order valence-electron chi connectivity index (χ2n) is 9.55. The third-order valence-electron chi connectivity index (χ3n) is 6.72. The van der Waals surface area contributed by atoms with Crippen LogP contribution in [0.5, 0.6) is 17.2 Å². The number of benzene rings is 3. The summed E-state index contributed by atoms with van der Waals surface area (Å²) in [5.74, 6) is 1.20. The van der Waals surface area contributed by atoms with Crippen molar-refractivity contribution in [2.75, 3.05) is 39.8 Å². The minimum Gasteiger partial charge on any atom is -0.497 e. The van der Waals surface area contributed by atoms with E-state index in [4.69, 9.17) is 24.1 Å². The van der Waals surface area contributed by atoms with E-state index in [1.807, 2.05) is 6.07 Å². The maximum absolute atomic E-state index is 13.6. The smallest absolute Gasteiger partial charge is 0.265 e. The summed E-state index contributed by atoms with van der Waals surface area (Å²) in [6.45, 7) is 0.504. The molecule has 1 atom stereocenters. The molecule has 12 heteroatoms. The average Bonchev–Trinajstić information content (AvgIpc) is 3.47. The van der Waals surface area contributed by atoms with E-state index in [1.54, 1.807) is 68.8 Å². The molecular formula is C30H35N3O8S. The fraction of sp³-hybridized carbons (Fsp3) is 0.333. The molecule has 0 fully saturated rings. The van der Waals surface area contributed by atoms with Crippen LogP contribution in [0.4, 0.5) is 0 Å². The second kappa shape index (κ2) is 14.2. The van der Waals surface area contributed by atoms with Crippen molar-refractivity contribution in [1.82, 2.24) is 10.9 Å². The zero-order valence-corrected chi connectivity index (χ0v) is 24.4. The highest BCUT2D eigenvalue weighted by Gasteiger charge is 2.45. The molecule has 11 nitrogen and oxygen atoms in total. The molecule has 0 unspecified atom stereocenters. The quantitative estimate of drug-likeness (QED) is 0.178. The van der Waals surface area contributed by atoms with Crippen LogP contribution in [0.1, 0.15) is 24.0 Å². The van der Waals surface area contributed by atoms with Gasteiger partial charge in [0.1, 0.15) is 23.9 Å². The molecule has 0 bridgehead atoms. The molecule has 3 aromatic rings. The van der Waals surface area contributed by atoms with Crippen molar-refractivity contribution in [2.24, 2.45) is 4.99 Å². The van der Waals surface area contributed by atoms with Crippen LogP contribution < -0.4 is 25.1 Å². The zero-order valence-electron chi connectivity index (χ0n) is 23.5. The number of methoxy groups -OCH3 is 2. The molecule has 1 aliphatic rings. The molecule has 0 aliphatic carbocycles. The van der Waals surface area contributed by atoms with Crippen molar-refractivity contribution in [3.8, 4) is 17.2 Å². The zero-order chi connectivity index (χ0) is 30.0. The lowest BCUT2D eigenvalue weighted by atomic mass is 9.98. The third-order valence-corrected chi connectivity index (χ3v) is 8.45. The normalized spacial score (nSPS) is 16.3. The number of hydrogen-bond donors (Lipinski definition) is 3. The molecule has 1 amide bonds. The molecule has 224 valence electrons. The Labute approximate surface area is 245 Å². The fourth-order valence-corrected chi connectivity index (χ4v) is 5.70. The summed E-state index contributed by atoms with van der Waals surface area (Å²) in [5, 5.41) is 8.94. The first-order chi connectivity index (χ1) is 20.3. The monoisotopic (exact) mass is 597 g/mol. The van der Waals surface area contributed by atoms with Gasteiger partial charge in [-0.15, -0.1) is 0 Å². The second-order valence-corrected chi connectivity index (χ2v) is 11.7. The van der Waals surface area contributed by atoms with Crippen LogP contribution in [0, 0.1) is 0 Å². The van der Waals surface area contributed by atoms with Crippen LogP contribution in [0.15, 0.2) is 82.7 Å². The van der Waals surface area contributed by atoms with E-state index in [-0.39, 0.29) is 42.7 Å². The highest BCUT2D eigenvalue weighted by molar-refractivity contribution is 7.91. The lowest BCUT2D eigenvalue weighted by Crippen LogP contribution is -2.52. The topological polar surface area (TPSA) is 145 Å². The Bertz CT molecular complexity index is 1480. The van der Waals surface area contributed by atoms with E-state index in [2.05, 4.69) is 15.8 Å². The summed E-state index contributed by atoms with van der Waals surface area (Å²) < 4.78 is 48.3. The molecular weight excluding hydrogens is 562 g/mol. The van der Waals surface area contributed by atoms with Crippen molar-refractivity contribution in [2.45, 2.75) is 29.8 Å². The van der Waals surface area contributed by atoms with Gasteiger partial charge in [-0.2, -0.15) is 0 Å². The molecule has 1 heterocycles. The number of hydrogen-bond acceptors (Lipinski definition) is 10. The number of hydrazine groups is 1. The van der Waals surface area contributed by atoms with Crippen LogP contribution in [-0.4, -0.2) is 70.7 Å². The number of carbonyl (C=O) groups is 1. The van der Waals surface area contributed by atoms with Crippen molar-refractivity contribution < 1.29 is 37.3 Å². The average molecular weight is 598 g/mol. The number of aliphatic hydroxyl groups is 1. The van der Waals surface area contributed by atoms with Crippen LogP contribution in [0.25, 0.3) is 0 Å². The first-order valence-corrected chi connectivity index (χ1v) is 15.0. The van der Waals surface area contributed by atoms with E-state index in [0.717, 1.165) is 5.56 Å². The van der Waals surface area contributed by atoms with Gasteiger partial charge in [0.05, 0.1) is 31.5 Å². The molecule has 0 saturated carbocycles. The van der Waals surface area contributed by atoms with Crippen LogP contribution in [0.2, 0.25) is 0 Å². The molecule has 1 aliphatic heterocycles. The highest BCUT2D eigenvalue weighted by Crippen LogP contribution is 2.29. The first-order valence-electron chi connectivity index (χ1n) is 13.4. The predicted molar refractivity (Wildman–Crippen MR) is 156 cm³/mol. The number of nitrogens with zero attached hydrogens (tertiary/aromatic N) is 1. The minimum atomic E-state index is -3.69. The predicted octanol–water partition coefficient (Wildman–Crippen LogP) is 2.67. The van der Waals surface area contributed by atoms with Crippen LogP contribution in [-0.2, 0) is 25.9 Å². The molecule has 0 aromatic heterocycles. The Morgan fingerprint density at radius 1 is 1.02 bits per heavy atom. The van der Waals surface area contributed by atoms with Crippen molar-refractivity contribution in [1.29, 1.82) is 0 Å². The Morgan fingerprint density at radius 2 is 1.76 bits per heavy atom. The molecule has 0 spiro atoms. The van der Waals surface area contributed by atoms with Gasteiger partial charge in [0.15, 0.2) is 15.4 Å². The van der Waals surface area contributed by atoms with Crippen molar-refractivity contribution in [3.63, 3.8) is 0 Å². The molecule has 3 aromatic carbocycles. The summed E-state index contributed by atoms with van der Waals surface area (Å²) in [4.78, 5) is 18.4. The maximum Gasteiger partial charge on any atom is 0.265 e. The van der Waals surface area contributed by atoms with E-state index in [0.29, 0.717) is 35.8 Å². The van der Waals surface area contributed by atoms with Gasteiger partial charge in [-0.25, -0.2) is 18.8 Å². The lowest BCUT2D eigenvalue weighted by Gasteiger charge is -2.23. The largest absolute Gasteiger partial charge is 0.497 e. The van der Waals surface area contributed by atoms with Crippen molar-refractivity contribution >= 4 is 21.6 Å². The van der Waals surface area contributed by atoms with Crippen LogP contribution in [0.3, 0.4) is 0 Å². The summed E-state index contributed by atoms with van der Waals surface area (Å²) >= 11 is 0. The summed E-state index contributed by atoms with van der Waals surface area (Å²) in [7, 11) is -0.585. The van der Waals surface area contributed by atoms with E-state index in [1.165, 1.54) is 12.1 Å². The van der Waals surface area contributed by atoms with Gasteiger partial charge < -0.3 is 24.1 Å². The molecule has 0 saturated heterocycles. The van der Waals surface area contributed by atoms with Gasteiger partial charge >= 0.3 is 0 Å². The number of aliphatic imine (C=N–C) groups is 1. The number of nitrogens with one attached hydrogen (secondary N) is 2. The highest BCUT2D eigenvalue weighted by atomic mass is 32.2. The van der Waals surface area contributed by atoms with Gasteiger partial charge in [-0.05, 0) is 48.9 Å². The third kappa shape index (κ3) is 7.58. The fourth-order valence-electron chi connectivity index (χ4n) is 4.28. The maximum atomic E-state index is 13.6. The lowest BCUT2D eigenvalue weighted by molar-refractivity contribution is -0.127. The Hall–Kier alpha value is -4.13. The van der Waals surface area contributed by atoms with Gasteiger partial charge in [-0.3, -0.25) is 10.2 Å². The molecule has 0 radical (unpaired) electrons.